The molecule has 114 valence electrons. The molecule has 1 aliphatic rings. The fourth-order valence-electron chi connectivity index (χ4n) is 2.76. The molecule has 2 heterocycles. The number of imidazole rings is 1. The lowest BCUT2D eigenvalue weighted by atomic mass is 10.0. The van der Waals surface area contributed by atoms with E-state index in [4.69, 9.17) is 9.15 Å². The third kappa shape index (κ3) is 3.19. The molecule has 0 aliphatic heterocycles. The summed E-state index contributed by atoms with van der Waals surface area (Å²) < 4.78 is 12.9. The molecule has 0 spiro atoms. The lowest BCUT2D eigenvalue weighted by Crippen LogP contribution is -2.31. The SMILES string of the molecule is COCCC1(CNC(c2ccco2)c2nccn2C)CC1. The van der Waals surface area contributed by atoms with Gasteiger partial charge < -0.3 is 19.0 Å². The van der Waals surface area contributed by atoms with E-state index in [9.17, 15) is 0 Å². The third-order valence-corrected chi connectivity index (χ3v) is 4.42. The molecule has 0 radical (unpaired) electrons. The van der Waals surface area contributed by atoms with Crippen molar-refractivity contribution in [2.24, 2.45) is 12.5 Å². The highest BCUT2D eigenvalue weighted by molar-refractivity contribution is 5.16. The Balaban J connectivity index is 1.71. The van der Waals surface area contributed by atoms with Crippen LogP contribution in [0.2, 0.25) is 0 Å². The van der Waals surface area contributed by atoms with Crippen molar-refractivity contribution in [1.29, 1.82) is 0 Å². The highest BCUT2D eigenvalue weighted by atomic mass is 16.5. The smallest absolute Gasteiger partial charge is 0.133 e. The Morgan fingerprint density at radius 3 is 2.95 bits per heavy atom. The summed E-state index contributed by atoms with van der Waals surface area (Å²) in [5, 5.41) is 3.64. The normalized spacial score (nSPS) is 17.8. The summed E-state index contributed by atoms with van der Waals surface area (Å²) in [6, 6.07) is 3.92. The van der Waals surface area contributed by atoms with E-state index in [1.807, 2.05) is 36.1 Å². The maximum atomic E-state index is 5.60. The molecule has 1 unspecified atom stereocenters. The van der Waals surface area contributed by atoms with E-state index in [-0.39, 0.29) is 6.04 Å². The molecular weight excluding hydrogens is 266 g/mol. The van der Waals surface area contributed by atoms with Crippen LogP contribution in [0.1, 0.15) is 36.9 Å². The van der Waals surface area contributed by atoms with Crippen LogP contribution in [0.25, 0.3) is 0 Å². The standard InChI is InChI=1S/C16H23N3O2/c1-19-9-8-17-15(19)14(13-4-3-10-21-13)18-12-16(5-6-16)7-11-20-2/h3-4,8-10,14,18H,5-7,11-12H2,1-2H3. The van der Waals surface area contributed by atoms with E-state index in [0.717, 1.165) is 31.2 Å². The molecule has 1 saturated carbocycles. The molecule has 0 aromatic carbocycles. The highest BCUT2D eigenvalue weighted by Crippen LogP contribution is 2.48. The van der Waals surface area contributed by atoms with Gasteiger partial charge in [0.2, 0.25) is 0 Å². The van der Waals surface area contributed by atoms with Crippen molar-refractivity contribution in [3.8, 4) is 0 Å². The average molecular weight is 289 g/mol. The van der Waals surface area contributed by atoms with Crippen LogP contribution < -0.4 is 5.32 Å². The Labute approximate surface area is 125 Å². The van der Waals surface area contributed by atoms with Crippen LogP contribution in [0, 0.1) is 5.41 Å². The van der Waals surface area contributed by atoms with Crippen LogP contribution >= 0.6 is 0 Å². The molecule has 2 aromatic rings. The van der Waals surface area contributed by atoms with Crippen molar-refractivity contribution in [2.45, 2.75) is 25.3 Å². The van der Waals surface area contributed by atoms with Gasteiger partial charge in [0.25, 0.3) is 0 Å². The van der Waals surface area contributed by atoms with Gasteiger partial charge in [-0.15, -0.1) is 0 Å². The number of methoxy groups -OCH3 is 1. The Kier molecular flexibility index (Phi) is 4.12. The number of hydrogen-bond donors (Lipinski definition) is 1. The summed E-state index contributed by atoms with van der Waals surface area (Å²) >= 11 is 0. The van der Waals surface area contributed by atoms with Crippen LogP contribution in [0.15, 0.2) is 35.2 Å². The van der Waals surface area contributed by atoms with E-state index in [1.54, 1.807) is 13.4 Å². The fourth-order valence-corrected chi connectivity index (χ4v) is 2.76. The van der Waals surface area contributed by atoms with Crippen LogP contribution in [0.3, 0.4) is 0 Å². The lowest BCUT2D eigenvalue weighted by Gasteiger charge is -2.21. The first kappa shape index (κ1) is 14.4. The van der Waals surface area contributed by atoms with Crippen molar-refractivity contribution in [2.75, 3.05) is 20.3 Å². The number of ether oxygens (including phenoxy) is 1. The number of rotatable bonds is 8. The monoisotopic (exact) mass is 289 g/mol. The predicted octanol–water partition coefficient (Wildman–Crippen LogP) is 2.51. The fraction of sp³-hybridized carbons (Fsp3) is 0.562. The molecule has 1 fully saturated rings. The van der Waals surface area contributed by atoms with Gasteiger partial charge in [-0.2, -0.15) is 0 Å². The number of nitrogens with zero attached hydrogens (tertiary/aromatic N) is 2. The molecular formula is C16H23N3O2. The molecule has 21 heavy (non-hydrogen) atoms. The van der Waals surface area contributed by atoms with Crippen LogP contribution in [0.4, 0.5) is 0 Å². The molecule has 3 rings (SSSR count). The summed E-state index contributed by atoms with van der Waals surface area (Å²) in [6.07, 6.45) is 9.16. The number of aromatic nitrogens is 2. The van der Waals surface area contributed by atoms with Gasteiger partial charge in [-0.3, -0.25) is 0 Å². The number of aryl methyl sites for hydroxylation is 1. The minimum Gasteiger partial charge on any atom is -0.467 e. The summed E-state index contributed by atoms with van der Waals surface area (Å²) in [4.78, 5) is 4.47. The van der Waals surface area contributed by atoms with E-state index >= 15 is 0 Å². The van der Waals surface area contributed by atoms with Gasteiger partial charge in [-0.1, -0.05) is 0 Å². The molecule has 0 bridgehead atoms. The molecule has 0 saturated heterocycles. The second-order valence-electron chi connectivity index (χ2n) is 5.97. The zero-order chi connectivity index (χ0) is 14.7. The van der Waals surface area contributed by atoms with Gasteiger partial charge in [-0.25, -0.2) is 4.98 Å². The largest absolute Gasteiger partial charge is 0.467 e. The van der Waals surface area contributed by atoms with E-state index in [2.05, 4.69) is 10.3 Å². The Hall–Kier alpha value is -1.59. The van der Waals surface area contributed by atoms with Crippen molar-refractivity contribution in [3.63, 3.8) is 0 Å². The Morgan fingerprint density at radius 1 is 1.52 bits per heavy atom. The quantitative estimate of drug-likeness (QED) is 0.811. The van der Waals surface area contributed by atoms with Gasteiger partial charge in [0.1, 0.15) is 17.6 Å². The van der Waals surface area contributed by atoms with Crippen molar-refractivity contribution < 1.29 is 9.15 Å². The molecule has 5 nitrogen and oxygen atoms in total. The van der Waals surface area contributed by atoms with Crippen LogP contribution in [-0.4, -0.2) is 29.8 Å². The minimum absolute atomic E-state index is 0.0000184. The van der Waals surface area contributed by atoms with Gasteiger partial charge in [-0.05, 0) is 36.8 Å². The highest BCUT2D eigenvalue weighted by Gasteiger charge is 2.42. The minimum atomic E-state index is 0.0000184. The van der Waals surface area contributed by atoms with E-state index in [1.165, 1.54) is 12.8 Å². The summed E-state index contributed by atoms with van der Waals surface area (Å²) in [5.74, 6) is 1.89. The lowest BCUT2D eigenvalue weighted by molar-refractivity contribution is 0.170. The molecule has 2 aromatic heterocycles. The molecule has 1 N–H and O–H groups in total. The Morgan fingerprint density at radius 2 is 2.38 bits per heavy atom. The summed E-state index contributed by atoms with van der Waals surface area (Å²) in [6.45, 7) is 1.80. The maximum absolute atomic E-state index is 5.60. The molecule has 5 heteroatoms. The van der Waals surface area contributed by atoms with Gasteiger partial charge >= 0.3 is 0 Å². The van der Waals surface area contributed by atoms with Crippen molar-refractivity contribution in [1.82, 2.24) is 14.9 Å². The zero-order valence-corrected chi connectivity index (χ0v) is 12.7. The Bertz CT molecular complexity index is 558. The number of hydrogen-bond acceptors (Lipinski definition) is 4. The average Bonchev–Trinajstić information content (AvgIpc) is 2.89. The van der Waals surface area contributed by atoms with E-state index in [0.29, 0.717) is 5.41 Å². The van der Waals surface area contributed by atoms with Gasteiger partial charge in [0.05, 0.1) is 6.26 Å². The maximum Gasteiger partial charge on any atom is 0.133 e. The second-order valence-corrected chi connectivity index (χ2v) is 5.97. The first-order valence-corrected chi connectivity index (χ1v) is 7.47. The predicted molar refractivity (Wildman–Crippen MR) is 79.9 cm³/mol. The number of nitrogens with one attached hydrogen (secondary N) is 1. The first-order valence-electron chi connectivity index (χ1n) is 7.47. The summed E-state index contributed by atoms with van der Waals surface area (Å²) in [5.41, 5.74) is 0.395. The summed E-state index contributed by atoms with van der Waals surface area (Å²) in [7, 11) is 3.78. The molecule has 1 aliphatic carbocycles. The van der Waals surface area contributed by atoms with Gasteiger partial charge in [0.15, 0.2) is 0 Å². The van der Waals surface area contributed by atoms with Crippen LogP contribution in [0.5, 0.6) is 0 Å². The van der Waals surface area contributed by atoms with Gasteiger partial charge in [0, 0.05) is 39.7 Å². The topological polar surface area (TPSA) is 52.2 Å². The first-order chi connectivity index (χ1) is 10.2. The van der Waals surface area contributed by atoms with Crippen molar-refractivity contribution >= 4 is 0 Å². The number of furan rings is 1. The second kappa shape index (κ2) is 6.03. The zero-order valence-electron chi connectivity index (χ0n) is 12.7. The van der Waals surface area contributed by atoms with Crippen molar-refractivity contribution in [3.05, 3.63) is 42.4 Å². The van der Waals surface area contributed by atoms with Crippen LogP contribution in [-0.2, 0) is 11.8 Å². The third-order valence-electron chi connectivity index (χ3n) is 4.42. The van der Waals surface area contributed by atoms with E-state index < -0.39 is 0 Å². The molecule has 1 atom stereocenters. The molecule has 0 amide bonds.